The number of rotatable bonds is 4. The predicted molar refractivity (Wildman–Crippen MR) is 61.4 cm³/mol. The summed E-state index contributed by atoms with van der Waals surface area (Å²) in [6.07, 6.45) is -4.68. The van der Waals surface area contributed by atoms with Gasteiger partial charge in [0.25, 0.3) is 0 Å². The molecule has 0 radical (unpaired) electrons. The molecule has 0 spiro atoms. The normalized spacial score (nSPS) is 12.4. The van der Waals surface area contributed by atoms with E-state index in [9.17, 15) is 13.2 Å². The fourth-order valence-electron chi connectivity index (χ4n) is 1.000. The van der Waals surface area contributed by atoms with Crippen LogP contribution in [0.4, 0.5) is 18.9 Å². The van der Waals surface area contributed by atoms with Crippen LogP contribution >= 0.6 is 23.2 Å². The Morgan fingerprint density at radius 3 is 2.35 bits per heavy atom. The number of hydrogen-bond acceptors (Lipinski definition) is 2. The number of alkyl halides is 3. The number of hydrogen-bond donors (Lipinski definition) is 1. The Morgan fingerprint density at radius 1 is 1.29 bits per heavy atom. The smallest absolute Gasteiger partial charge is 0.406 e. The Labute approximate surface area is 106 Å². The van der Waals surface area contributed by atoms with Crippen LogP contribution in [-0.2, 0) is 0 Å². The zero-order chi connectivity index (χ0) is 12.9. The van der Waals surface area contributed by atoms with Crippen LogP contribution in [0.3, 0.4) is 0 Å². The van der Waals surface area contributed by atoms with Gasteiger partial charge in [-0.2, -0.15) is 0 Å². The van der Waals surface area contributed by atoms with E-state index in [4.69, 9.17) is 23.2 Å². The van der Waals surface area contributed by atoms with Crippen molar-refractivity contribution < 1.29 is 17.9 Å². The average molecular weight is 286 g/mol. The zero-order valence-corrected chi connectivity index (χ0v) is 9.90. The lowest BCUT2D eigenvalue weighted by atomic mass is 10.3. The van der Waals surface area contributed by atoms with Crippen molar-refractivity contribution in [1.29, 1.82) is 0 Å². The number of anilines is 1. The quantitative estimate of drug-likeness (QED) is 0.890. The Balaban J connectivity index is 2.56. The Kier molecular flexibility index (Phi) is 4.96. The van der Waals surface area contributed by atoms with Gasteiger partial charge in [0.15, 0.2) is 0 Å². The maximum Gasteiger partial charge on any atom is 0.573 e. The minimum atomic E-state index is -4.68. The maximum absolute atomic E-state index is 11.9. The van der Waals surface area contributed by atoms with Gasteiger partial charge in [-0.3, -0.25) is 0 Å². The second-order valence-electron chi connectivity index (χ2n) is 2.98. The van der Waals surface area contributed by atoms with Crippen molar-refractivity contribution in [2.75, 3.05) is 11.9 Å². The van der Waals surface area contributed by atoms with Crippen molar-refractivity contribution in [3.8, 4) is 5.75 Å². The summed E-state index contributed by atoms with van der Waals surface area (Å²) >= 11 is 11.0. The minimum Gasteiger partial charge on any atom is -0.406 e. The van der Waals surface area contributed by atoms with E-state index in [2.05, 4.69) is 10.1 Å². The molecule has 0 atom stereocenters. The van der Waals surface area contributed by atoms with Crippen molar-refractivity contribution in [1.82, 2.24) is 0 Å². The predicted octanol–water partition coefficient (Wildman–Crippen LogP) is 4.32. The van der Waals surface area contributed by atoms with Gasteiger partial charge in [0.05, 0.1) is 6.54 Å². The van der Waals surface area contributed by atoms with Crippen molar-refractivity contribution in [3.63, 3.8) is 0 Å². The first-order chi connectivity index (χ1) is 7.90. The SMILES string of the molecule is FC(F)(F)Oc1ccc(NCC(Cl)=CCl)cc1. The summed E-state index contributed by atoms with van der Waals surface area (Å²) in [5.41, 5.74) is 1.81. The fourth-order valence-corrected chi connectivity index (χ4v) is 1.14. The van der Waals surface area contributed by atoms with Crippen LogP contribution in [0.1, 0.15) is 0 Å². The molecule has 0 aliphatic rings. The molecule has 0 heterocycles. The number of ether oxygens (including phenoxy) is 1. The summed E-state index contributed by atoms with van der Waals surface area (Å²) < 4.78 is 39.3. The minimum absolute atomic E-state index is 0.276. The zero-order valence-electron chi connectivity index (χ0n) is 8.39. The van der Waals surface area contributed by atoms with Crippen LogP contribution in [0, 0.1) is 0 Å². The van der Waals surface area contributed by atoms with E-state index in [1.165, 1.54) is 29.8 Å². The highest BCUT2D eigenvalue weighted by atomic mass is 35.5. The van der Waals surface area contributed by atoms with Crippen molar-refractivity contribution >= 4 is 28.9 Å². The molecule has 1 rings (SSSR count). The monoisotopic (exact) mass is 285 g/mol. The Bertz CT molecular complexity index is 390. The molecule has 0 bridgehead atoms. The first-order valence-electron chi connectivity index (χ1n) is 4.45. The third kappa shape index (κ3) is 5.70. The maximum atomic E-state index is 11.9. The molecule has 0 aromatic heterocycles. The van der Waals surface area contributed by atoms with Crippen molar-refractivity contribution in [2.45, 2.75) is 6.36 Å². The molecule has 2 nitrogen and oxygen atoms in total. The summed E-state index contributed by atoms with van der Waals surface area (Å²) in [5.74, 6) is -0.276. The van der Waals surface area contributed by atoms with Gasteiger partial charge < -0.3 is 10.1 Å². The van der Waals surface area contributed by atoms with Crippen LogP contribution in [0.15, 0.2) is 34.8 Å². The number of halogens is 5. The molecule has 0 amide bonds. The molecule has 94 valence electrons. The second kappa shape index (κ2) is 6.02. The molecule has 0 fully saturated rings. The third-order valence-corrected chi connectivity index (χ3v) is 2.29. The first-order valence-corrected chi connectivity index (χ1v) is 5.26. The lowest BCUT2D eigenvalue weighted by molar-refractivity contribution is -0.274. The highest BCUT2D eigenvalue weighted by molar-refractivity contribution is 6.36. The van der Waals surface area contributed by atoms with E-state index in [0.717, 1.165) is 0 Å². The molecule has 1 N–H and O–H groups in total. The summed E-state index contributed by atoms with van der Waals surface area (Å²) in [4.78, 5) is 0. The molecular formula is C10H8Cl2F3NO. The van der Waals surface area contributed by atoms with Crippen LogP contribution in [0.5, 0.6) is 5.75 Å². The second-order valence-corrected chi connectivity index (χ2v) is 3.69. The van der Waals surface area contributed by atoms with Gasteiger partial charge in [-0.15, -0.1) is 13.2 Å². The summed E-state index contributed by atoms with van der Waals surface area (Å²) in [7, 11) is 0. The standard InChI is InChI=1S/C10H8Cl2F3NO/c11-5-7(12)6-16-8-1-3-9(4-2-8)17-10(13,14)15/h1-5,16H,6H2. The van der Waals surface area contributed by atoms with Gasteiger partial charge in [-0.1, -0.05) is 23.2 Å². The molecule has 0 saturated carbocycles. The van der Waals surface area contributed by atoms with Crippen LogP contribution in [0.25, 0.3) is 0 Å². The summed E-state index contributed by atoms with van der Waals surface area (Å²) in [5, 5.41) is 3.25. The molecule has 0 unspecified atom stereocenters. The topological polar surface area (TPSA) is 21.3 Å². The highest BCUT2D eigenvalue weighted by Crippen LogP contribution is 2.24. The van der Waals surface area contributed by atoms with Gasteiger partial charge in [-0.05, 0) is 24.3 Å². The molecular weight excluding hydrogens is 278 g/mol. The van der Waals surface area contributed by atoms with E-state index in [1.807, 2.05) is 0 Å². The summed E-state index contributed by atoms with van der Waals surface area (Å²) in [6.45, 7) is 0.296. The van der Waals surface area contributed by atoms with E-state index < -0.39 is 6.36 Å². The molecule has 17 heavy (non-hydrogen) atoms. The van der Waals surface area contributed by atoms with Gasteiger partial charge in [0.1, 0.15) is 5.75 Å². The number of benzene rings is 1. The molecule has 7 heteroatoms. The van der Waals surface area contributed by atoms with E-state index >= 15 is 0 Å². The van der Waals surface area contributed by atoms with Crippen LogP contribution < -0.4 is 10.1 Å². The van der Waals surface area contributed by atoms with E-state index in [-0.39, 0.29) is 5.75 Å². The number of nitrogens with one attached hydrogen (secondary N) is 1. The van der Waals surface area contributed by atoms with Gasteiger partial charge in [0.2, 0.25) is 0 Å². The van der Waals surface area contributed by atoms with E-state index in [1.54, 1.807) is 0 Å². The lowest BCUT2D eigenvalue weighted by Crippen LogP contribution is -2.17. The largest absolute Gasteiger partial charge is 0.573 e. The van der Waals surface area contributed by atoms with Crippen molar-refractivity contribution in [3.05, 3.63) is 34.8 Å². The molecule has 0 aliphatic carbocycles. The van der Waals surface area contributed by atoms with Gasteiger partial charge in [0, 0.05) is 16.3 Å². The third-order valence-electron chi connectivity index (χ3n) is 1.67. The van der Waals surface area contributed by atoms with Crippen LogP contribution in [-0.4, -0.2) is 12.9 Å². The Morgan fingerprint density at radius 2 is 1.88 bits per heavy atom. The summed E-state index contributed by atoms with van der Waals surface area (Å²) in [6, 6.07) is 5.29. The van der Waals surface area contributed by atoms with Gasteiger partial charge in [-0.25, -0.2) is 0 Å². The molecule has 1 aromatic carbocycles. The average Bonchev–Trinajstić information content (AvgIpc) is 2.25. The van der Waals surface area contributed by atoms with Crippen LogP contribution in [0.2, 0.25) is 0 Å². The molecule has 0 aliphatic heterocycles. The van der Waals surface area contributed by atoms with Gasteiger partial charge >= 0.3 is 6.36 Å². The molecule has 1 aromatic rings. The lowest BCUT2D eigenvalue weighted by Gasteiger charge is -2.10. The first kappa shape index (κ1) is 14.0. The fraction of sp³-hybridized carbons (Fsp3) is 0.200. The van der Waals surface area contributed by atoms with Crippen molar-refractivity contribution in [2.24, 2.45) is 0 Å². The van der Waals surface area contributed by atoms with E-state index in [0.29, 0.717) is 17.3 Å². The molecule has 0 saturated heterocycles. The Hall–Kier alpha value is -1.07. The highest BCUT2D eigenvalue weighted by Gasteiger charge is 2.30.